The van der Waals surface area contributed by atoms with Crippen molar-refractivity contribution in [3.05, 3.63) is 70.5 Å². The average molecular weight is 561 g/mol. The number of nitrogens with one attached hydrogen (secondary N) is 2. The third kappa shape index (κ3) is 6.44. The largest absolute Gasteiger partial charge is 0.618 e. The van der Waals surface area contributed by atoms with Crippen molar-refractivity contribution in [2.24, 2.45) is 11.8 Å². The molecule has 40 heavy (non-hydrogen) atoms. The minimum absolute atomic E-state index is 0.00582. The fraction of sp³-hybridized carbons (Fsp3) is 0.429. The highest BCUT2D eigenvalue weighted by atomic mass is 19.4. The van der Waals surface area contributed by atoms with Crippen molar-refractivity contribution in [1.82, 2.24) is 10.5 Å². The van der Waals surface area contributed by atoms with Gasteiger partial charge in [-0.1, -0.05) is 17.3 Å². The molecule has 1 saturated carbocycles. The molecule has 9 nitrogen and oxygen atoms in total. The fourth-order valence-electron chi connectivity index (χ4n) is 5.23. The van der Waals surface area contributed by atoms with Crippen LogP contribution in [0.15, 0.2) is 47.3 Å². The molecule has 0 radical (unpaired) electrons. The summed E-state index contributed by atoms with van der Waals surface area (Å²) in [5.41, 5.74) is 3.77. The van der Waals surface area contributed by atoms with E-state index >= 15 is 0 Å². The normalized spacial score (nSPS) is 18.2. The van der Waals surface area contributed by atoms with Crippen LogP contribution >= 0.6 is 0 Å². The molecule has 1 fully saturated rings. The number of rotatable bonds is 8. The number of carbonyl (C=O) groups excluding carboxylic acids is 2. The molecule has 3 aromatic rings. The van der Waals surface area contributed by atoms with E-state index in [9.17, 15) is 28.0 Å². The zero-order chi connectivity index (χ0) is 29.0. The summed E-state index contributed by atoms with van der Waals surface area (Å²) in [7, 11) is 1.43. The minimum Gasteiger partial charge on any atom is -0.618 e. The van der Waals surface area contributed by atoms with Gasteiger partial charge in [0.15, 0.2) is 11.9 Å². The number of carbonyl (C=O) groups is 2. The van der Waals surface area contributed by atoms with Gasteiger partial charge in [0, 0.05) is 25.8 Å². The van der Waals surface area contributed by atoms with Crippen molar-refractivity contribution in [3.63, 3.8) is 0 Å². The minimum atomic E-state index is -4.30. The van der Waals surface area contributed by atoms with E-state index in [2.05, 4.69) is 15.8 Å². The van der Waals surface area contributed by atoms with E-state index in [0.717, 1.165) is 27.7 Å². The molecule has 2 amide bonds. The maximum Gasteiger partial charge on any atom is 0.391 e. The molecule has 0 aliphatic heterocycles. The summed E-state index contributed by atoms with van der Waals surface area (Å²) < 4.78 is 50.5. The number of aryl methyl sites for hydroxylation is 1. The molecule has 214 valence electrons. The molecular formula is C28H31F3N4O5. The lowest BCUT2D eigenvalue weighted by Crippen LogP contribution is -2.50. The summed E-state index contributed by atoms with van der Waals surface area (Å²) in [6.07, 6.45) is -1.73. The van der Waals surface area contributed by atoms with Crippen LogP contribution < -0.4 is 15.4 Å². The molecule has 4 rings (SSSR count). The van der Waals surface area contributed by atoms with E-state index in [4.69, 9.17) is 9.26 Å². The first kappa shape index (κ1) is 29.1. The van der Waals surface area contributed by atoms with Crippen molar-refractivity contribution in [1.29, 1.82) is 0 Å². The number of hydrogen-bond acceptors (Lipinski definition) is 6. The maximum absolute atomic E-state index is 13.5. The third-order valence-electron chi connectivity index (χ3n) is 7.43. The first-order chi connectivity index (χ1) is 19.0. The lowest BCUT2D eigenvalue weighted by molar-refractivity contribution is -0.611. The molecule has 1 aromatic carbocycles. The number of methoxy groups -OCH3 is 1. The van der Waals surface area contributed by atoms with Gasteiger partial charge in [0.05, 0.1) is 18.1 Å². The second kappa shape index (κ2) is 12.1. The molecule has 0 saturated heterocycles. The van der Waals surface area contributed by atoms with Gasteiger partial charge in [-0.25, -0.2) is 0 Å². The number of anilines is 1. The van der Waals surface area contributed by atoms with Crippen molar-refractivity contribution in [2.75, 3.05) is 12.4 Å². The molecule has 0 unspecified atom stereocenters. The van der Waals surface area contributed by atoms with Crippen LogP contribution in [0.3, 0.4) is 0 Å². The Bertz CT molecular complexity index is 1350. The SMILES string of the molecule is COCc1nocc1C(=O)N[C@H](C(=O)Nc1ccc(-c2c(C)cc[n+]([O-])c2C)cc1)C1CCC(C(F)(F)F)CC1. The van der Waals surface area contributed by atoms with Crippen molar-refractivity contribution in [2.45, 2.75) is 58.4 Å². The number of ether oxygens (including phenoxy) is 1. The number of halogens is 3. The van der Waals surface area contributed by atoms with Gasteiger partial charge in [0.1, 0.15) is 23.6 Å². The molecular weight excluding hydrogens is 529 g/mol. The fourth-order valence-corrected chi connectivity index (χ4v) is 5.23. The van der Waals surface area contributed by atoms with Crippen LogP contribution in [0.4, 0.5) is 18.9 Å². The van der Waals surface area contributed by atoms with E-state index in [1.165, 1.54) is 13.3 Å². The lowest BCUT2D eigenvalue weighted by atomic mass is 9.78. The summed E-state index contributed by atoms with van der Waals surface area (Å²) in [5.74, 6) is -3.12. The molecule has 1 aliphatic rings. The Morgan fingerprint density at radius 2 is 1.82 bits per heavy atom. The van der Waals surface area contributed by atoms with Crippen molar-refractivity contribution >= 4 is 17.5 Å². The quantitative estimate of drug-likeness (QED) is 0.300. The number of benzene rings is 1. The predicted octanol–water partition coefficient (Wildman–Crippen LogP) is 4.84. The molecule has 2 N–H and O–H groups in total. The topological polar surface area (TPSA) is 120 Å². The Morgan fingerprint density at radius 3 is 2.45 bits per heavy atom. The third-order valence-corrected chi connectivity index (χ3v) is 7.43. The molecule has 0 spiro atoms. The summed E-state index contributed by atoms with van der Waals surface area (Å²) in [4.78, 5) is 26.5. The van der Waals surface area contributed by atoms with E-state index in [-0.39, 0.29) is 43.5 Å². The number of alkyl halides is 3. The van der Waals surface area contributed by atoms with Gasteiger partial charge in [0.25, 0.3) is 5.91 Å². The Hall–Kier alpha value is -3.93. The van der Waals surface area contributed by atoms with Crippen LogP contribution in [0, 0.1) is 30.9 Å². The monoisotopic (exact) mass is 560 g/mol. The van der Waals surface area contributed by atoms with Crippen molar-refractivity contribution in [3.8, 4) is 11.1 Å². The smallest absolute Gasteiger partial charge is 0.391 e. The first-order valence-electron chi connectivity index (χ1n) is 12.9. The van der Waals surface area contributed by atoms with E-state index in [1.54, 1.807) is 37.3 Å². The number of aromatic nitrogens is 2. The van der Waals surface area contributed by atoms with Crippen LogP contribution in [0.5, 0.6) is 0 Å². The van der Waals surface area contributed by atoms with Crippen LogP contribution in [0.2, 0.25) is 0 Å². The standard InChI is InChI=1S/C28H31F3N4O5/c1-16-12-13-35(38)17(2)24(16)18-6-10-21(11-7-18)32-27(37)25(19-4-8-20(9-5-19)28(29,30)31)33-26(36)22-14-40-34-23(22)15-39-3/h6-7,10-14,19-20,25H,4-5,8-9,15H2,1-3H3,(H,32,37)(H,33,36)/t19?,20?,25-/m0/s1. The zero-order valence-corrected chi connectivity index (χ0v) is 22.4. The first-order valence-corrected chi connectivity index (χ1v) is 12.9. The maximum atomic E-state index is 13.5. The number of nitrogens with zero attached hydrogens (tertiary/aromatic N) is 2. The average Bonchev–Trinajstić information content (AvgIpc) is 3.39. The highest BCUT2D eigenvalue weighted by Crippen LogP contribution is 2.40. The van der Waals surface area contributed by atoms with Gasteiger partial charge in [-0.3, -0.25) is 9.59 Å². The van der Waals surface area contributed by atoms with Gasteiger partial charge >= 0.3 is 6.18 Å². The molecule has 2 aromatic heterocycles. The van der Waals surface area contributed by atoms with Gasteiger partial charge in [-0.2, -0.15) is 17.9 Å². The Kier molecular flexibility index (Phi) is 8.77. The molecule has 1 aliphatic carbocycles. The van der Waals surface area contributed by atoms with Gasteiger partial charge in [-0.05, 0) is 61.8 Å². The zero-order valence-electron chi connectivity index (χ0n) is 22.4. The Balaban J connectivity index is 1.54. The Labute approximate surface area is 229 Å². The number of pyridine rings is 1. The molecule has 1 atom stereocenters. The van der Waals surface area contributed by atoms with Crippen LogP contribution in [-0.2, 0) is 16.1 Å². The predicted molar refractivity (Wildman–Crippen MR) is 139 cm³/mol. The molecule has 0 bridgehead atoms. The second-order valence-corrected chi connectivity index (χ2v) is 10.1. The van der Waals surface area contributed by atoms with Crippen LogP contribution in [0.1, 0.15) is 53.0 Å². The summed E-state index contributed by atoms with van der Waals surface area (Å²) in [5, 5.41) is 21.3. The second-order valence-electron chi connectivity index (χ2n) is 10.1. The molecule has 12 heteroatoms. The van der Waals surface area contributed by atoms with E-state index in [0.29, 0.717) is 11.4 Å². The van der Waals surface area contributed by atoms with E-state index < -0.39 is 35.9 Å². The van der Waals surface area contributed by atoms with Crippen LogP contribution in [-0.4, -0.2) is 36.3 Å². The van der Waals surface area contributed by atoms with Crippen molar-refractivity contribution < 1.29 is 36.8 Å². The molecule has 2 heterocycles. The van der Waals surface area contributed by atoms with Gasteiger partial charge < -0.3 is 25.1 Å². The van der Waals surface area contributed by atoms with E-state index in [1.807, 2.05) is 6.92 Å². The van der Waals surface area contributed by atoms with Gasteiger partial charge in [-0.15, -0.1) is 0 Å². The number of hydrogen-bond donors (Lipinski definition) is 2. The Morgan fingerprint density at radius 1 is 1.15 bits per heavy atom. The highest BCUT2D eigenvalue weighted by molar-refractivity contribution is 6.01. The number of amides is 2. The summed E-state index contributed by atoms with van der Waals surface area (Å²) >= 11 is 0. The highest BCUT2D eigenvalue weighted by Gasteiger charge is 2.44. The van der Waals surface area contributed by atoms with Crippen LogP contribution in [0.25, 0.3) is 11.1 Å². The lowest BCUT2D eigenvalue weighted by Gasteiger charge is -2.34. The summed E-state index contributed by atoms with van der Waals surface area (Å²) in [6.45, 7) is 3.62. The summed E-state index contributed by atoms with van der Waals surface area (Å²) in [6, 6.07) is 7.50. The van der Waals surface area contributed by atoms with Gasteiger partial charge in [0.2, 0.25) is 5.91 Å².